The van der Waals surface area contributed by atoms with Crippen molar-refractivity contribution in [2.24, 2.45) is 5.92 Å². The van der Waals surface area contributed by atoms with Gasteiger partial charge in [0.05, 0.1) is 12.5 Å². The zero-order chi connectivity index (χ0) is 13.7. The lowest BCUT2D eigenvalue weighted by Crippen LogP contribution is -2.44. The average Bonchev–Trinajstić information content (AvgIpc) is 2.86. The Hall–Kier alpha value is -0.220. The first-order chi connectivity index (χ1) is 9.24. The largest absolute Gasteiger partial charge is 0.466 e. The van der Waals surface area contributed by atoms with E-state index in [0.29, 0.717) is 18.7 Å². The fraction of sp³-hybridized carbons (Fsp3) is 0.933. The summed E-state index contributed by atoms with van der Waals surface area (Å²) in [7, 11) is 0. The van der Waals surface area contributed by atoms with Crippen LogP contribution in [-0.2, 0) is 9.53 Å². The molecule has 2 aliphatic carbocycles. The molecule has 0 heterocycles. The molecule has 4 unspecified atom stereocenters. The van der Waals surface area contributed by atoms with E-state index in [1.807, 2.05) is 18.7 Å². The first kappa shape index (κ1) is 15.2. The summed E-state index contributed by atoms with van der Waals surface area (Å²) in [5.74, 6) is 0.141. The molecule has 4 heteroatoms. The second-order valence-electron chi connectivity index (χ2n) is 5.79. The second-order valence-corrected chi connectivity index (χ2v) is 6.87. The normalized spacial score (nSPS) is 35.3. The molecule has 0 radical (unpaired) electrons. The summed E-state index contributed by atoms with van der Waals surface area (Å²) in [4.78, 5) is 11.8. The van der Waals surface area contributed by atoms with Crippen LogP contribution < -0.4 is 5.32 Å². The standard InChI is InChI=1S/C15H27NO2S/c1-3-18-15(17)11-6-4-7-12(10-11)16-13-8-5-9-14(13)19-2/h11-14,16H,3-10H2,1-2H3. The maximum Gasteiger partial charge on any atom is 0.308 e. The van der Waals surface area contributed by atoms with E-state index in [2.05, 4.69) is 11.6 Å². The molecule has 0 bridgehead atoms. The van der Waals surface area contributed by atoms with Crippen molar-refractivity contribution in [2.45, 2.75) is 69.2 Å². The molecule has 1 N–H and O–H groups in total. The smallest absolute Gasteiger partial charge is 0.308 e. The van der Waals surface area contributed by atoms with Gasteiger partial charge in [0.1, 0.15) is 0 Å². The van der Waals surface area contributed by atoms with Gasteiger partial charge in [0.25, 0.3) is 0 Å². The van der Waals surface area contributed by atoms with Gasteiger partial charge in [0.2, 0.25) is 0 Å². The molecule has 2 aliphatic rings. The molecule has 0 aromatic rings. The van der Waals surface area contributed by atoms with Gasteiger partial charge in [-0.15, -0.1) is 0 Å². The average molecular weight is 285 g/mol. The third kappa shape index (κ3) is 4.12. The maximum absolute atomic E-state index is 11.8. The molecule has 4 atom stereocenters. The Bertz CT molecular complexity index is 298. The minimum Gasteiger partial charge on any atom is -0.466 e. The van der Waals surface area contributed by atoms with Crippen LogP contribution in [0.25, 0.3) is 0 Å². The summed E-state index contributed by atoms with van der Waals surface area (Å²) in [6, 6.07) is 1.17. The SMILES string of the molecule is CCOC(=O)C1CCCC(NC2CCCC2SC)C1. The summed E-state index contributed by atoms with van der Waals surface area (Å²) >= 11 is 1.99. The molecule has 0 saturated heterocycles. The minimum absolute atomic E-state index is 0.0156. The number of hydrogen-bond acceptors (Lipinski definition) is 4. The highest BCUT2D eigenvalue weighted by molar-refractivity contribution is 7.99. The van der Waals surface area contributed by atoms with Gasteiger partial charge in [-0.25, -0.2) is 0 Å². The van der Waals surface area contributed by atoms with E-state index in [9.17, 15) is 4.79 Å². The molecule has 0 amide bonds. The van der Waals surface area contributed by atoms with Crippen LogP contribution in [0.4, 0.5) is 0 Å². The van der Waals surface area contributed by atoms with Gasteiger partial charge in [-0.2, -0.15) is 11.8 Å². The first-order valence-corrected chi connectivity index (χ1v) is 8.98. The lowest BCUT2D eigenvalue weighted by atomic mass is 9.85. The van der Waals surface area contributed by atoms with Crippen molar-refractivity contribution >= 4 is 17.7 Å². The van der Waals surface area contributed by atoms with E-state index in [-0.39, 0.29) is 11.9 Å². The van der Waals surface area contributed by atoms with Crippen molar-refractivity contribution in [3.63, 3.8) is 0 Å². The molecule has 3 nitrogen and oxygen atoms in total. The number of ether oxygens (including phenoxy) is 1. The van der Waals surface area contributed by atoms with E-state index < -0.39 is 0 Å². The molecule has 2 rings (SSSR count). The Labute approximate surface area is 121 Å². The summed E-state index contributed by atoms with van der Waals surface area (Å²) in [5.41, 5.74) is 0. The number of rotatable bonds is 5. The van der Waals surface area contributed by atoms with Crippen molar-refractivity contribution in [1.82, 2.24) is 5.32 Å². The Morgan fingerprint density at radius 2 is 2.05 bits per heavy atom. The van der Waals surface area contributed by atoms with E-state index >= 15 is 0 Å². The summed E-state index contributed by atoms with van der Waals surface area (Å²) in [5, 5.41) is 4.58. The third-order valence-corrected chi connectivity index (χ3v) is 5.67. The molecule has 0 aliphatic heterocycles. The van der Waals surface area contributed by atoms with Crippen molar-refractivity contribution < 1.29 is 9.53 Å². The van der Waals surface area contributed by atoms with Gasteiger partial charge in [-0.05, 0) is 45.3 Å². The third-order valence-electron chi connectivity index (χ3n) is 4.50. The van der Waals surface area contributed by atoms with E-state index in [1.165, 1.54) is 25.7 Å². The topological polar surface area (TPSA) is 38.3 Å². The van der Waals surface area contributed by atoms with Crippen LogP contribution in [0.1, 0.15) is 51.9 Å². The van der Waals surface area contributed by atoms with Crippen molar-refractivity contribution in [3.05, 3.63) is 0 Å². The number of carbonyl (C=O) groups excluding carboxylic acids is 1. The molecular formula is C15H27NO2S. The van der Waals surface area contributed by atoms with E-state index in [0.717, 1.165) is 24.5 Å². The van der Waals surface area contributed by atoms with Gasteiger partial charge in [0, 0.05) is 17.3 Å². The minimum atomic E-state index is 0.0156. The summed E-state index contributed by atoms with van der Waals surface area (Å²) in [6.07, 6.45) is 10.5. The van der Waals surface area contributed by atoms with Crippen LogP contribution in [0.5, 0.6) is 0 Å². The first-order valence-electron chi connectivity index (χ1n) is 7.70. The van der Waals surface area contributed by atoms with Gasteiger partial charge in [-0.1, -0.05) is 12.8 Å². The molecular weight excluding hydrogens is 258 g/mol. The Morgan fingerprint density at radius 1 is 1.26 bits per heavy atom. The van der Waals surface area contributed by atoms with Gasteiger partial charge >= 0.3 is 5.97 Å². The van der Waals surface area contributed by atoms with Crippen molar-refractivity contribution in [3.8, 4) is 0 Å². The molecule has 0 aromatic carbocycles. The zero-order valence-electron chi connectivity index (χ0n) is 12.2. The van der Waals surface area contributed by atoms with Gasteiger partial charge < -0.3 is 10.1 Å². The molecule has 0 spiro atoms. The van der Waals surface area contributed by atoms with Crippen LogP contribution in [0.3, 0.4) is 0 Å². The quantitative estimate of drug-likeness (QED) is 0.788. The van der Waals surface area contributed by atoms with Crippen molar-refractivity contribution in [1.29, 1.82) is 0 Å². The summed E-state index contributed by atoms with van der Waals surface area (Å²) < 4.78 is 5.17. The van der Waals surface area contributed by atoms with E-state index in [1.54, 1.807) is 0 Å². The molecule has 19 heavy (non-hydrogen) atoms. The highest BCUT2D eigenvalue weighted by atomic mass is 32.2. The fourth-order valence-corrected chi connectivity index (χ4v) is 4.46. The van der Waals surface area contributed by atoms with Crippen LogP contribution in [-0.4, -0.2) is 36.2 Å². The molecule has 0 aromatic heterocycles. The predicted molar refractivity (Wildman–Crippen MR) is 80.5 cm³/mol. The van der Waals surface area contributed by atoms with Crippen LogP contribution in [0.2, 0.25) is 0 Å². The number of hydrogen-bond donors (Lipinski definition) is 1. The van der Waals surface area contributed by atoms with Crippen LogP contribution in [0.15, 0.2) is 0 Å². The molecule has 2 saturated carbocycles. The van der Waals surface area contributed by atoms with Gasteiger partial charge in [0.15, 0.2) is 0 Å². The number of nitrogens with one attached hydrogen (secondary N) is 1. The lowest BCUT2D eigenvalue weighted by molar-refractivity contribution is -0.149. The highest BCUT2D eigenvalue weighted by Crippen LogP contribution is 2.31. The fourth-order valence-electron chi connectivity index (χ4n) is 3.52. The Kier molecular flexibility index (Phi) is 6.02. The monoisotopic (exact) mass is 285 g/mol. The van der Waals surface area contributed by atoms with Crippen molar-refractivity contribution in [2.75, 3.05) is 12.9 Å². The Morgan fingerprint density at radius 3 is 2.79 bits per heavy atom. The lowest BCUT2D eigenvalue weighted by Gasteiger charge is -2.32. The predicted octanol–water partition coefficient (Wildman–Crippen LogP) is 2.98. The number of esters is 1. The number of carbonyl (C=O) groups is 1. The molecule has 2 fully saturated rings. The zero-order valence-corrected chi connectivity index (χ0v) is 13.0. The maximum atomic E-state index is 11.8. The summed E-state index contributed by atoms with van der Waals surface area (Å²) in [6.45, 7) is 2.39. The highest BCUT2D eigenvalue weighted by Gasteiger charge is 2.32. The number of thioether (sulfide) groups is 1. The second kappa shape index (κ2) is 7.53. The van der Waals surface area contributed by atoms with Crippen LogP contribution in [0, 0.1) is 5.92 Å². The van der Waals surface area contributed by atoms with E-state index in [4.69, 9.17) is 4.74 Å². The van der Waals surface area contributed by atoms with Crippen LogP contribution >= 0.6 is 11.8 Å². The van der Waals surface area contributed by atoms with Gasteiger partial charge in [-0.3, -0.25) is 4.79 Å². The Balaban J connectivity index is 1.82. The molecule has 110 valence electrons.